The Kier molecular flexibility index (Phi) is 3.01. The van der Waals surface area contributed by atoms with Gasteiger partial charge >= 0.3 is 0 Å². The SMILES string of the molecule is C1CCC(C2CCC3CCCCN32)CC1. The Balaban J connectivity index is 1.65. The monoisotopic (exact) mass is 207 g/mol. The van der Waals surface area contributed by atoms with Gasteiger partial charge in [-0.3, -0.25) is 4.90 Å². The van der Waals surface area contributed by atoms with E-state index in [0.717, 1.165) is 18.0 Å². The molecule has 0 N–H and O–H groups in total. The first kappa shape index (κ1) is 10.1. The van der Waals surface area contributed by atoms with Crippen LogP contribution in [0.5, 0.6) is 0 Å². The fourth-order valence-electron chi connectivity index (χ4n) is 4.32. The van der Waals surface area contributed by atoms with Gasteiger partial charge in [0.05, 0.1) is 0 Å². The molecule has 0 amide bonds. The molecule has 3 fully saturated rings. The average Bonchev–Trinajstić information content (AvgIpc) is 2.74. The maximum absolute atomic E-state index is 2.90. The third-order valence-corrected chi connectivity index (χ3v) is 5.09. The van der Waals surface area contributed by atoms with E-state index in [1.54, 1.807) is 0 Å². The number of hydrogen-bond acceptors (Lipinski definition) is 1. The molecule has 0 radical (unpaired) electrons. The summed E-state index contributed by atoms with van der Waals surface area (Å²) in [5.41, 5.74) is 0. The summed E-state index contributed by atoms with van der Waals surface area (Å²) < 4.78 is 0. The third kappa shape index (κ3) is 1.95. The highest BCUT2D eigenvalue weighted by atomic mass is 15.2. The van der Waals surface area contributed by atoms with E-state index in [1.165, 1.54) is 70.8 Å². The Labute approximate surface area is 94.2 Å². The van der Waals surface area contributed by atoms with Crippen molar-refractivity contribution in [2.45, 2.75) is 76.3 Å². The Morgan fingerprint density at radius 3 is 2.33 bits per heavy atom. The third-order valence-electron chi connectivity index (χ3n) is 5.09. The first-order valence-electron chi connectivity index (χ1n) is 7.21. The van der Waals surface area contributed by atoms with Gasteiger partial charge in [0.15, 0.2) is 0 Å². The van der Waals surface area contributed by atoms with Gasteiger partial charge in [0.2, 0.25) is 0 Å². The largest absolute Gasteiger partial charge is 0.297 e. The first-order valence-corrected chi connectivity index (χ1v) is 7.21. The number of piperidine rings is 1. The van der Waals surface area contributed by atoms with Gasteiger partial charge < -0.3 is 0 Å². The zero-order chi connectivity index (χ0) is 10.1. The predicted octanol–water partition coefficient (Wildman–Crippen LogP) is 3.58. The molecule has 1 nitrogen and oxygen atoms in total. The van der Waals surface area contributed by atoms with Crippen LogP contribution in [0.25, 0.3) is 0 Å². The lowest BCUT2D eigenvalue weighted by Crippen LogP contribution is -2.43. The summed E-state index contributed by atoms with van der Waals surface area (Å²) in [5, 5.41) is 0. The standard InChI is InChI=1S/C14H25N/c1-2-6-12(7-3-1)14-10-9-13-8-4-5-11-15(13)14/h12-14H,1-11H2. The molecule has 1 saturated carbocycles. The normalized spacial score (nSPS) is 39.2. The van der Waals surface area contributed by atoms with Crippen LogP contribution in [0.4, 0.5) is 0 Å². The molecule has 0 bridgehead atoms. The fourth-order valence-corrected chi connectivity index (χ4v) is 4.32. The van der Waals surface area contributed by atoms with E-state index in [4.69, 9.17) is 0 Å². The maximum Gasteiger partial charge on any atom is 0.0127 e. The summed E-state index contributed by atoms with van der Waals surface area (Å²) in [6, 6.07) is 1.99. The highest BCUT2D eigenvalue weighted by Gasteiger charge is 2.38. The van der Waals surface area contributed by atoms with Gasteiger partial charge in [0.1, 0.15) is 0 Å². The lowest BCUT2D eigenvalue weighted by Gasteiger charge is -2.39. The van der Waals surface area contributed by atoms with Crippen molar-refractivity contribution in [1.82, 2.24) is 4.90 Å². The van der Waals surface area contributed by atoms with Crippen LogP contribution in [0.2, 0.25) is 0 Å². The van der Waals surface area contributed by atoms with E-state index in [-0.39, 0.29) is 0 Å². The molecule has 2 unspecified atom stereocenters. The fraction of sp³-hybridized carbons (Fsp3) is 1.00. The Hall–Kier alpha value is -0.0400. The Bertz CT molecular complexity index is 207. The molecule has 2 heterocycles. The second kappa shape index (κ2) is 4.45. The van der Waals surface area contributed by atoms with Crippen molar-refractivity contribution < 1.29 is 0 Å². The molecule has 2 aliphatic heterocycles. The molecular formula is C14H25N. The molecule has 0 spiro atoms. The molecule has 86 valence electrons. The summed E-state index contributed by atoms with van der Waals surface area (Å²) in [7, 11) is 0. The molecule has 0 aromatic carbocycles. The van der Waals surface area contributed by atoms with Gasteiger partial charge in [-0.05, 0) is 51.0 Å². The Morgan fingerprint density at radius 2 is 1.47 bits per heavy atom. The summed E-state index contributed by atoms with van der Waals surface area (Å²) in [6.45, 7) is 1.42. The molecule has 2 atom stereocenters. The molecule has 1 heteroatoms. The van der Waals surface area contributed by atoms with Crippen molar-refractivity contribution in [3.63, 3.8) is 0 Å². The molecule has 0 aromatic rings. The smallest absolute Gasteiger partial charge is 0.0127 e. The molecule has 2 saturated heterocycles. The second-order valence-corrected chi connectivity index (χ2v) is 5.93. The molecule has 1 aliphatic carbocycles. The van der Waals surface area contributed by atoms with Crippen LogP contribution in [0, 0.1) is 5.92 Å². The Morgan fingerprint density at radius 1 is 0.667 bits per heavy atom. The predicted molar refractivity (Wildman–Crippen MR) is 63.9 cm³/mol. The van der Waals surface area contributed by atoms with E-state index in [9.17, 15) is 0 Å². The number of hydrogen-bond donors (Lipinski definition) is 0. The molecule has 15 heavy (non-hydrogen) atoms. The van der Waals surface area contributed by atoms with Gasteiger partial charge in [-0.1, -0.05) is 25.7 Å². The van der Waals surface area contributed by atoms with Crippen molar-refractivity contribution in [3.8, 4) is 0 Å². The van der Waals surface area contributed by atoms with Crippen LogP contribution in [0.15, 0.2) is 0 Å². The second-order valence-electron chi connectivity index (χ2n) is 5.93. The minimum absolute atomic E-state index is 0.991. The van der Waals surface area contributed by atoms with Crippen LogP contribution < -0.4 is 0 Å². The van der Waals surface area contributed by atoms with Gasteiger partial charge in [-0.2, -0.15) is 0 Å². The van der Waals surface area contributed by atoms with E-state index in [2.05, 4.69) is 4.90 Å². The van der Waals surface area contributed by atoms with Gasteiger partial charge in [-0.15, -0.1) is 0 Å². The molecule has 0 aromatic heterocycles. The summed E-state index contributed by atoms with van der Waals surface area (Å²) in [6.07, 6.45) is 15.1. The van der Waals surface area contributed by atoms with Crippen molar-refractivity contribution in [1.29, 1.82) is 0 Å². The van der Waals surface area contributed by atoms with E-state index < -0.39 is 0 Å². The molecule has 3 aliphatic rings. The van der Waals surface area contributed by atoms with Crippen molar-refractivity contribution in [2.24, 2.45) is 5.92 Å². The lowest BCUT2D eigenvalue weighted by molar-refractivity contribution is 0.0977. The van der Waals surface area contributed by atoms with E-state index >= 15 is 0 Å². The van der Waals surface area contributed by atoms with Crippen molar-refractivity contribution in [3.05, 3.63) is 0 Å². The van der Waals surface area contributed by atoms with Crippen LogP contribution in [0.3, 0.4) is 0 Å². The van der Waals surface area contributed by atoms with Crippen LogP contribution in [0.1, 0.15) is 64.2 Å². The zero-order valence-corrected chi connectivity index (χ0v) is 9.96. The lowest BCUT2D eigenvalue weighted by atomic mass is 9.83. The average molecular weight is 207 g/mol. The van der Waals surface area contributed by atoms with E-state index in [1.807, 2.05) is 0 Å². The van der Waals surface area contributed by atoms with Crippen molar-refractivity contribution in [2.75, 3.05) is 6.54 Å². The number of nitrogens with zero attached hydrogens (tertiary/aromatic N) is 1. The quantitative estimate of drug-likeness (QED) is 0.635. The highest BCUT2D eigenvalue weighted by Crippen LogP contribution is 2.39. The minimum Gasteiger partial charge on any atom is -0.297 e. The maximum atomic E-state index is 2.90. The number of fused-ring (bicyclic) bond motifs is 1. The summed E-state index contributed by atoms with van der Waals surface area (Å²) in [5.74, 6) is 1.07. The van der Waals surface area contributed by atoms with Crippen LogP contribution in [-0.4, -0.2) is 23.5 Å². The highest BCUT2D eigenvalue weighted by molar-refractivity contribution is 4.93. The molecule has 3 rings (SSSR count). The van der Waals surface area contributed by atoms with Crippen LogP contribution >= 0.6 is 0 Å². The van der Waals surface area contributed by atoms with Gasteiger partial charge in [-0.25, -0.2) is 0 Å². The van der Waals surface area contributed by atoms with Gasteiger partial charge in [0, 0.05) is 12.1 Å². The minimum atomic E-state index is 0.991. The summed E-state index contributed by atoms with van der Waals surface area (Å²) in [4.78, 5) is 2.90. The van der Waals surface area contributed by atoms with E-state index in [0.29, 0.717) is 0 Å². The number of rotatable bonds is 1. The van der Waals surface area contributed by atoms with Crippen LogP contribution in [-0.2, 0) is 0 Å². The zero-order valence-electron chi connectivity index (χ0n) is 9.96. The van der Waals surface area contributed by atoms with Gasteiger partial charge in [0.25, 0.3) is 0 Å². The van der Waals surface area contributed by atoms with Crippen molar-refractivity contribution >= 4 is 0 Å². The molecular weight excluding hydrogens is 182 g/mol. The topological polar surface area (TPSA) is 3.24 Å². The summed E-state index contributed by atoms with van der Waals surface area (Å²) >= 11 is 0. The first-order chi connectivity index (χ1) is 7.45.